The average Bonchev–Trinajstić information content (AvgIpc) is 2.35. The van der Waals surface area contributed by atoms with E-state index in [9.17, 15) is 4.79 Å². The van der Waals surface area contributed by atoms with Crippen molar-refractivity contribution in [1.29, 1.82) is 0 Å². The third kappa shape index (κ3) is 3.64. The number of carbonyl (C=O) groups excluding carboxylic acids is 1. The molecule has 1 spiro atoms. The molecule has 104 valence electrons. The van der Waals surface area contributed by atoms with E-state index in [0.29, 0.717) is 6.42 Å². The molecule has 2 fully saturated rings. The van der Waals surface area contributed by atoms with Crippen molar-refractivity contribution >= 4 is 6.29 Å². The highest BCUT2D eigenvalue weighted by atomic mass is 16.1. The van der Waals surface area contributed by atoms with E-state index >= 15 is 0 Å². The summed E-state index contributed by atoms with van der Waals surface area (Å²) in [5, 5.41) is 3.30. The van der Waals surface area contributed by atoms with Gasteiger partial charge in [-0.25, -0.2) is 0 Å². The second kappa shape index (κ2) is 6.31. The fraction of sp³-hybridized carbons (Fsp3) is 0.562. The Balaban J connectivity index is 0.000000146. The summed E-state index contributed by atoms with van der Waals surface area (Å²) in [6.45, 7) is 7.28. The maximum atomic E-state index is 10.1. The Bertz CT molecular complexity index is 401. The zero-order valence-electron chi connectivity index (χ0n) is 12.0. The maximum Gasteiger partial charge on any atom is 0.124 e. The van der Waals surface area contributed by atoms with E-state index in [1.165, 1.54) is 31.7 Å². The van der Waals surface area contributed by atoms with Gasteiger partial charge >= 0.3 is 0 Å². The minimum absolute atomic E-state index is 0.532. The molecule has 0 unspecified atom stereocenters. The zero-order chi connectivity index (χ0) is 13.7. The lowest BCUT2D eigenvalue weighted by Crippen LogP contribution is -2.69. The van der Waals surface area contributed by atoms with Crippen LogP contribution in [0.3, 0.4) is 0 Å². The van der Waals surface area contributed by atoms with Crippen LogP contribution in [0, 0.1) is 5.41 Å². The molecule has 2 heterocycles. The van der Waals surface area contributed by atoms with Gasteiger partial charge in [0.15, 0.2) is 0 Å². The van der Waals surface area contributed by atoms with Crippen LogP contribution in [0.25, 0.3) is 0 Å². The molecule has 3 nitrogen and oxygen atoms in total. The molecule has 1 N–H and O–H groups in total. The van der Waals surface area contributed by atoms with Gasteiger partial charge in [-0.15, -0.1) is 0 Å². The summed E-state index contributed by atoms with van der Waals surface area (Å²) < 4.78 is 0. The van der Waals surface area contributed by atoms with Crippen molar-refractivity contribution in [1.82, 2.24) is 10.2 Å². The lowest BCUT2D eigenvalue weighted by molar-refractivity contribution is -0.107. The van der Waals surface area contributed by atoms with Crippen LogP contribution in [-0.4, -0.2) is 44.4 Å². The molecule has 0 atom stereocenters. The minimum Gasteiger partial charge on any atom is -0.315 e. The topological polar surface area (TPSA) is 32.3 Å². The van der Waals surface area contributed by atoms with Crippen molar-refractivity contribution in [2.75, 3.05) is 33.2 Å². The molecule has 19 heavy (non-hydrogen) atoms. The Morgan fingerprint density at radius 2 is 1.79 bits per heavy atom. The number of hydrogen-bond donors (Lipinski definition) is 1. The first-order valence-electron chi connectivity index (χ1n) is 7.08. The molecule has 2 aliphatic rings. The largest absolute Gasteiger partial charge is 0.315 e. The molecular weight excluding hydrogens is 236 g/mol. The Kier molecular flexibility index (Phi) is 4.72. The van der Waals surface area contributed by atoms with Crippen LogP contribution in [-0.2, 0) is 17.6 Å². The number of nitrogens with one attached hydrogen (secondary N) is 1. The fourth-order valence-electron chi connectivity index (χ4n) is 2.81. The van der Waals surface area contributed by atoms with Crippen LogP contribution in [0.4, 0.5) is 0 Å². The molecule has 1 aromatic rings. The van der Waals surface area contributed by atoms with Crippen molar-refractivity contribution in [3.63, 3.8) is 0 Å². The van der Waals surface area contributed by atoms with Gasteiger partial charge in [-0.3, -0.25) is 0 Å². The third-order valence-electron chi connectivity index (χ3n) is 3.96. The second-order valence-corrected chi connectivity index (χ2v) is 5.82. The van der Waals surface area contributed by atoms with Crippen molar-refractivity contribution in [2.45, 2.75) is 19.8 Å². The van der Waals surface area contributed by atoms with E-state index in [1.807, 2.05) is 12.1 Å². The number of hydrogen-bond acceptors (Lipinski definition) is 3. The Labute approximate surface area is 116 Å². The van der Waals surface area contributed by atoms with Crippen molar-refractivity contribution in [2.24, 2.45) is 5.41 Å². The van der Waals surface area contributed by atoms with Crippen LogP contribution >= 0.6 is 0 Å². The quantitative estimate of drug-likeness (QED) is 0.836. The van der Waals surface area contributed by atoms with Gasteiger partial charge in [0.05, 0.1) is 0 Å². The molecule has 2 aliphatic heterocycles. The maximum absolute atomic E-state index is 10.1. The van der Waals surface area contributed by atoms with Crippen LogP contribution in [0.1, 0.15) is 18.1 Å². The number of aldehydes is 1. The number of benzene rings is 1. The Morgan fingerprint density at radius 1 is 1.21 bits per heavy atom. The van der Waals surface area contributed by atoms with Gasteiger partial charge in [-0.1, -0.05) is 31.2 Å². The van der Waals surface area contributed by atoms with Crippen molar-refractivity contribution in [3.05, 3.63) is 35.4 Å². The van der Waals surface area contributed by atoms with Gasteiger partial charge in [0.25, 0.3) is 0 Å². The Morgan fingerprint density at radius 3 is 2.11 bits per heavy atom. The highest BCUT2D eigenvalue weighted by molar-refractivity contribution is 5.54. The predicted octanol–water partition coefficient (Wildman–Crippen LogP) is 1.51. The smallest absolute Gasteiger partial charge is 0.124 e. The lowest BCUT2D eigenvalue weighted by atomic mass is 9.75. The van der Waals surface area contributed by atoms with Crippen LogP contribution in [0.15, 0.2) is 24.3 Å². The first-order chi connectivity index (χ1) is 9.17. The van der Waals surface area contributed by atoms with Crippen LogP contribution < -0.4 is 5.32 Å². The number of likely N-dealkylation sites (tertiary alicyclic amines) is 1. The normalized spacial score (nSPS) is 19.9. The summed E-state index contributed by atoms with van der Waals surface area (Å²) in [4.78, 5) is 12.5. The fourth-order valence-corrected chi connectivity index (χ4v) is 2.81. The van der Waals surface area contributed by atoms with Crippen molar-refractivity contribution < 1.29 is 4.79 Å². The van der Waals surface area contributed by atoms with Gasteiger partial charge < -0.3 is 15.0 Å². The Hall–Kier alpha value is -1.19. The number of carbonyl (C=O) groups is 1. The second-order valence-electron chi connectivity index (χ2n) is 5.82. The molecule has 0 aromatic heterocycles. The average molecular weight is 260 g/mol. The highest BCUT2D eigenvalue weighted by Gasteiger charge is 2.45. The molecular formula is C16H24N2O. The lowest BCUT2D eigenvalue weighted by Gasteiger charge is -2.55. The molecule has 0 saturated carbocycles. The van der Waals surface area contributed by atoms with Gasteiger partial charge in [0.2, 0.25) is 0 Å². The zero-order valence-corrected chi connectivity index (χ0v) is 12.0. The first kappa shape index (κ1) is 14.2. The van der Waals surface area contributed by atoms with Crippen LogP contribution in [0.5, 0.6) is 0 Å². The summed E-state index contributed by atoms with van der Waals surface area (Å²) in [6.07, 6.45) is 2.52. The molecule has 0 amide bonds. The van der Waals surface area contributed by atoms with E-state index in [0.717, 1.165) is 23.7 Å². The van der Waals surface area contributed by atoms with Gasteiger partial charge in [0, 0.05) is 38.0 Å². The van der Waals surface area contributed by atoms with E-state index in [-0.39, 0.29) is 0 Å². The molecule has 3 rings (SSSR count). The highest BCUT2D eigenvalue weighted by Crippen LogP contribution is 2.32. The molecule has 0 aliphatic carbocycles. The van der Waals surface area contributed by atoms with Gasteiger partial charge in [0.1, 0.15) is 6.29 Å². The number of rotatable bonds is 3. The molecule has 3 heteroatoms. The summed E-state index contributed by atoms with van der Waals surface area (Å²) in [7, 11) is 2.18. The molecule has 0 bridgehead atoms. The predicted molar refractivity (Wildman–Crippen MR) is 78.4 cm³/mol. The molecule has 1 aromatic carbocycles. The van der Waals surface area contributed by atoms with Crippen molar-refractivity contribution in [3.8, 4) is 0 Å². The van der Waals surface area contributed by atoms with E-state index in [4.69, 9.17) is 0 Å². The summed E-state index contributed by atoms with van der Waals surface area (Å²) in [5.41, 5.74) is 3.14. The van der Waals surface area contributed by atoms with E-state index < -0.39 is 0 Å². The van der Waals surface area contributed by atoms with Gasteiger partial charge in [-0.2, -0.15) is 0 Å². The van der Waals surface area contributed by atoms with Gasteiger partial charge in [-0.05, 0) is 24.6 Å². The van der Waals surface area contributed by atoms with E-state index in [1.54, 1.807) is 0 Å². The first-order valence-corrected chi connectivity index (χ1v) is 7.08. The molecule has 2 saturated heterocycles. The monoisotopic (exact) mass is 260 g/mol. The SMILES string of the molecule is CCc1ccc(CC=O)cc1.CN1CC2(CNC2)C1. The summed E-state index contributed by atoms with van der Waals surface area (Å²) in [6, 6.07) is 8.15. The minimum atomic E-state index is 0.532. The summed E-state index contributed by atoms with van der Waals surface area (Å²) >= 11 is 0. The van der Waals surface area contributed by atoms with E-state index in [2.05, 4.69) is 36.3 Å². The number of aryl methyl sites for hydroxylation is 1. The summed E-state index contributed by atoms with van der Waals surface area (Å²) in [5.74, 6) is 0. The third-order valence-corrected chi connectivity index (χ3v) is 3.96. The standard InChI is InChI=1S/C10H12O.C6H12N2/c1-2-9-3-5-10(6-4-9)7-8-11;1-8-4-6(5-8)2-7-3-6/h3-6,8H,2,7H2,1H3;7H,2-5H2,1H3. The molecule has 0 radical (unpaired) electrons. The number of nitrogens with zero attached hydrogens (tertiary/aromatic N) is 1. The van der Waals surface area contributed by atoms with Crippen LogP contribution in [0.2, 0.25) is 0 Å².